The van der Waals surface area contributed by atoms with Crippen molar-refractivity contribution in [3.63, 3.8) is 0 Å². The van der Waals surface area contributed by atoms with Gasteiger partial charge in [0.1, 0.15) is 0 Å². The molecular weight excluding hydrogens is 266 g/mol. The van der Waals surface area contributed by atoms with Gasteiger partial charge in [-0.15, -0.1) is 0 Å². The smallest absolute Gasteiger partial charge is 0.0382 e. The van der Waals surface area contributed by atoms with E-state index >= 15 is 0 Å². The standard InChI is InChI=1S/C21H29N/c1-7-11-21(5,6)20-10-9-18(14-17(20)8-2)19-12-15(3)22-16(4)13-19/h9-10,12-14H,7-8,11H2,1-6H3. The van der Waals surface area contributed by atoms with Crippen LogP contribution in [-0.4, -0.2) is 4.98 Å². The van der Waals surface area contributed by atoms with Crippen molar-refractivity contribution in [3.8, 4) is 11.1 Å². The summed E-state index contributed by atoms with van der Waals surface area (Å²) in [5, 5.41) is 0. The molecular formula is C21H29N. The fourth-order valence-corrected chi connectivity index (χ4v) is 3.49. The molecule has 0 N–H and O–H groups in total. The molecule has 0 fully saturated rings. The van der Waals surface area contributed by atoms with Crippen molar-refractivity contribution in [3.05, 3.63) is 52.8 Å². The molecule has 0 aliphatic rings. The molecule has 0 aliphatic carbocycles. The lowest BCUT2D eigenvalue weighted by Gasteiger charge is -2.28. The monoisotopic (exact) mass is 295 g/mol. The van der Waals surface area contributed by atoms with Crippen LogP contribution in [0.3, 0.4) is 0 Å². The van der Waals surface area contributed by atoms with Crippen molar-refractivity contribution in [2.24, 2.45) is 0 Å². The van der Waals surface area contributed by atoms with Crippen LogP contribution in [0.15, 0.2) is 30.3 Å². The highest BCUT2D eigenvalue weighted by atomic mass is 14.7. The first-order chi connectivity index (χ1) is 10.4. The Bertz CT molecular complexity index is 633. The lowest BCUT2D eigenvalue weighted by Crippen LogP contribution is -2.18. The number of rotatable bonds is 5. The van der Waals surface area contributed by atoms with Crippen molar-refractivity contribution in [2.45, 2.75) is 66.2 Å². The number of hydrogen-bond acceptors (Lipinski definition) is 1. The highest BCUT2D eigenvalue weighted by Gasteiger charge is 2.22. The molecule has 0 saturated carbocycles. The Morgan fingerprint density at radius 2 is 1.55 bits per heavy atom. The lowest BCUT2D eigenvalue weighted by atomic mass is 9.77. The summed E-state index contributed by atoms with van der Waals surface area (Å²) in [6, 6.07) is 11.4. The third-order valence-corrected chi connectivity index (χ3v) is 4.51. The van der Waals surface area contributed by atoms with Gasteiger partial charge < -0.3 is 0 Å². The van der Waals surface area contributed by atoms with Gasteiger partial charge in [0.25, 0.3) is 0 Å². The fourth-order valence-electron chi connectivity index (χ4n) is 3.49. The van der Waals surface area contributed by atoms with Crippen LogP contribution >= 0.6 is 0 Å². The molecule has 0 radical (unpaired) electrons. The maximum absolute atomic E-state index is 4.48. The second-order valence-electron chi connectivity index (χ2n) is 7.00. The zero-order chi connectivity index (χ0) is 16.3. The molecule has 2 rings (SSSR count). The van der Waals surface area contributed by atoms with E-state index in [1.165, 1.54) is 35.1 Å². The zero-order valence-corrected chi connectivity index (χ0v) is 15.0. The van der Waals surface area contributed by atoms with E-state index in [2.05, 4.69) is 76.9 Å². The van der Waals surface area contributed by atoms with Gasteiger partial charge in [0, 0.05) is 11.4 Å². The predicted molar refractivity (Wildman–Crippen MR) is 96.5 cm³/mol. The minimum Gasteiger partial charge on any atom is -0.258 e. The van der Waals surface area contributed by atoms with E-state index in [1.54, 1.807) is 0 Å². The second-order valence-corrected chi connectivity index (χ2v) is 7.00. The summed E-state index contributed by atoms with van der Waals surface area (Å²) in [5.41, 5.74) is 7.99. The summed E-state index contributed by atoms with van der Waals surface area (Å²) in [7, 11) is 0. The van der Waals surface area contributed by atoms with Gasteiger partial charge in [-0.05, 0) is 66.5 Å². The zero-order valence-electron chi connectivity index (χ0n) is 15.0. The van der Waals surface area contributed by atoms with Crippen LogP contribution in [0.2, 0.25) is 0 Å². The first-order valence-corrected chi connectivity index (χ1v) is 8.46. The Hall–Kier alpha value is -1.63. The quantitative estimate of drug-likeness (QED) is 0.658. The van der Waals surface area contributed by atoms with Gasteiger partial charge in [0.05, 0.1) is 0 Å². The van der Waals surface area contributed by atoms with Crippen molar-refractivity contribution >= 4 is 0 Å². The van der Waals surface area contributed by atoms with Crippen LogP contribution in [0.1, 0.15) is 63.1 Å². The largest absolute Gasteiger partial charge is 0.258 e. The highest BCUT2D eigenvalue weighted by molar-refractivity contribution is 5.66. The molecule has 118 valence electrons. The van der Waals surface area contributed by atoms with Gasteiger partial charge in [0.2, 0.25) is 0 Å². The molecule has 0 unspecified atom stereocenters. The maximum atomic E-state index is 4.48. The van der Waals surface area contributed by atoms with E-state index in [0.29, 0.717) is 0 Å². The van der Waals surface area contributed by atoms with E-state index in [9.17, 15) is 0 Å². The molecule has 1 aromatic carbocycles. The molecule has 2 aromatic rings. The molecule has 1 nitrogen and oxygen atoms in total. The Kier molecular flexibility index (Phi) is 5.05. The minimum absolute atomic E-state index is 0.253. The highest BCUT2D eigenvalue weighted by Crippen LogP contribution is 2.34. The van der Waals surface area contributed by atoms with Gasteiger partial charge in [-0.25, -0.2) is 0 Å². The minimum atomic E-state index is 0.253. The third kappa shape index (κ3) is 3.58. The number of aromatic nitrogens is 1. The molecule has 0 saturated heterocycles. The van der Waals surface area contributed by atoms with Gasteiger partial charge in [-0.3, -0.25) is 4.98 Å². The van der Waals surface area contributed by atoms with E-state index in [4.69, 9.17) is 0 Å². The van der Waals surface area contributed by atoms with E-state index in [0.717, 1.165) is 17.8 Å². The molecule has 0 bridgehead atoms. The first-order valence-electron chi connectivity index (χ1n) is 8.46. The topological polar surface area (TPSA) is 12.9 Å². The number of pyridine rings is 1. The maximum Gasteiger partial charge on any atom is 0.0382 e. The Morgan fingerprint density at radius 1 is 0.909 bits per heavy atom. The number of hydrogen-bond donors (Lipinski definition) is 0. The number of aryl methyl sites for hydroxylation is 3. The van der Waals surface area contributed by atoms with E-state index < -0.39 is 0 Å². The molecule has 1 heterocycles. The average molecular weight is 295 g/mol. The van der Waals surface area contributed by atoms with Crippen LogP contribution in [0, 0.1) is 13.8 Å². The van der Waals surface area contributed by atoms with E-state index in [1.807, 2.05) is 0 Å². The molecule has 0 atom stereocenters. The fraction of sp³-hybridized carbons (Fsp3) is 0.476. The van der Waals surface area contributed by atoms with Crippen LogP contribution in [0.25, 0.3) is 11.1 Å². The van der Waals surface area contributed by atoms with Crippen molar-refractivity contribution in [1.29, 1.82) is 0 Å². The van der Waals surface area contributed by atoms with Crippen molar-refractivity contribution in [1.82, 2.24) is 4.98 Å². The molecule has 0 aliphatic heterocycles. The van der Waals surface area contributed by atoms with Gasteiger partial charge in [-0.1, -0.05) is 52.3 Å². The summed E-state index contributed by atoms with van der Waals surface area (Å²) in [6.07, 6.45) is 3.53. The van der Waals surface area contributed by atoms with Crippen LogP contribution in [0.5, 0.6) is 0 Å². The Labute approximate surface area is 135 Å². The molecule has 22 heavy (non-hydrogen) atoms. The average Bonchev–Trinajstić information content (AvgIpc) is 2.45. The predicted octanol–water partition coefficient (Wildman–Crippen LogP) is 6.01. The Morgan fingerprint density at radius 3 is 2.09 bits per heavy atom. The van der Waals surface area contributed by atoms with E-state index in [-0.39, 0.29) is 5.41 Å². The second kappa shape index (κ2) is 6.64. The normalized spacial score (nSPS) is 11.7. The van der Waals surface area contributed by atoms with Crippen LogP contribution in [-0.2, 0) is 11.8 Å². The van der Waals surface area contributed by atoms with Gasteiger partial charge >= 0.3 is 0 Å². The number of benzene rings is 1. The van der Waals surface area contributed by atoms with Crippen LogP contribution < -0.4 is 0 Å². The summed E-state index contributed by atoms with van der Waals surface area (Å²) in [5.74, 6) is 0. The van der Waals surface area contributed by atoms with Gasteiger partial charge in [-0.2, -0.15) is 0 Å². The molecule has 1 aromatic heterocycles. The summed E-state index contributed by atoms with van der Waals surface area (Å²) in [6.45, 7) is 13.4. The molecule has 0 spiro atoms. The summed E-state index contributed by atoms with van der Waals surface area (Å²) >= 11 is 0. The number of nitrogens with zero attached hydrogens (tertiary/aromatic N) is 1. The summed E-state index contributed by atoms with van der Waals surface area (Å²) in [4.78, 5) is 4.48. The molecule has 0 amide bonds. The Balaban J connectivity index is 2.49. The van der Waals surface area contributed by atoms with Crippen molar-refractivity contribution in [2.75, 3.05) is 0 Å². The lowest BCUT2D eigenvalue weighted by molar-refractivity contribution is 0.469. The van der Waals surface area contributed by atoms with Gasteiger partial charge in [0.15, 0.2) is 0 Å². The van der Waals surface area contributed by atoms with Crippen molar-refractivity contribution < 1.29 is 0 Å². The SMILES string of the molecule is CCCC(C)(C)c1ccc(-c2cc(C)nc(C)c2)cc1CC. The summed E-state index contributed by atoms with van der Waals surface area (Å²) < 4.78 is 0. The first kappa shape index (κ1) is 16.7. The third-order valence-electron chi connectivity index (χ3n) is 4.51. The molecule has 1 heteroatoms. The van der Waals surface area contributed by atoms with Crippen LogP contribution in [0.4, 0.5) is 0 Å².